The van der Waals surface area contributed by atoms with Crippen LogP contribution in [0.1, 0.15) is 63.1 Å². The number of unbranched alkanes of at least 4 members (excludes halogenated alkanes) is 1. The molecule has 2 aromatic rings. The zero-order valence-electron chi connectivity index (χ0n) is 19.1. The maximum Gasteiger partial charge on any atom is 0.173 e. The van der Waals surface area contributed by atoms with E-state index in [1.807, 2.05) is 0 Å². The first-order chi connectivity index (χ1) is 14.5. The van der Waals surface area contributed by atoms with Crippen LogP contribution in [-0.2, 0) is 13.0 Å². The van der Waals surface area contributed by atoms with Gasteiger partial charge in [-0.05, 0) is 80.6 Å². The summed E-state index contributed by atoms with van der Waals surface area (Å²) in [5.41, 5.74) is 6.59. The summed E-state index contributed by atoms with van der Waals surface area (Å²) in [7, 11) is 0. The number of para-hydroxylation sites is 1. The van der Waals surface area contributed by atoms with Crippen LogP contribution in [0.2, 0.25) is 0 Å². The lowest BCUT2D eigenvalue weighted by Gasteiger charge is -2.34. The number of nitrogens with one attached hydrogen (secondary N) is 1. The Morgan fingerprint density at radius 1 is 1.20 bits per heavy atom. The van der Waals surface area contributed by atoms with Gasteiger partial charge in [-0.25, -0.2) is 0 Å². The van der Waals surface area contributed by atoms with E-state index >= 15 is 0 Å². The molecule has 0 spiro atoms. The zero-order valence-corrected chi connectivity index (χ0v) is 19.9. The molecule has 30 heavy (non-hydrogen) atoms. The van der Waals surface area contributed by atoms with Crippen molar-refractivity contribution in [2.45, 2.75) is 72.4 Å². The normalized spacial score (nSPS) is 14.2. The maximum absolute atomic E-state index is 5.85. The van der Waals surface area contributed by atoms with Gasteiger partial charge in [0.05, 0.1) is 0 Å². The van der Waals surface area contributed by atoms with E-state index in [1.165, 1.54) is 61.2 Å². The fraction of sp³-hybridized carbons (Fsp3) is 0.500. The van der Waals surface area contributed by atoms with E-state index in [0.29, 0.717) is 6.04 Å². The van der Waals surface area contributed by atoms with Crippen molar-refractivity contribution in [3.63, 3.8) is 0 Å². The van der Waals surface area contributed by atoms with Crippen LogP contribution in [0.5, 0.6) is 0 Å². The molecule has 1 aliphatic heterocycles. The van der Waals surface area contributed by atoms with Gasteiger partial charge in [-0.2, -0.15) is 0 Å². The number of benzene rings is 2. The van der Waals surface area contributed by atoms with Crippen LogP contribution in [0, 0.1) is 6.92 Å². The van der Waals surface area contributed by atoms with Crippen LogP contribution >= 0.6 is 12.2 Å². The molecule has 162 valence electrons. The average molecular weight is 424 g/mol. The molecule has 2 aromatic carbocycles. The third-order valence-corrected chi connectivity index (χ3v) is 6.60. The summed E-state index contributed by atoms with van der Waals surface area (Å²) in [6, 6.07) is 15.8. The fourth-order valence-corrected chi connectivity index (χ4v) is 4.51. The quantitative estimate of drug-likeness (QED) is 0.485. The zero-order chi connectivity index (χ0) is 21.5. The molecule has 3 rings (SSSR count). The van der Waals surface area contributed by atoms with Crippen LogP contribution in [-0.4, -0.2) is 29.1 Å². The fourth-order valence-electron chi connectivity index (χ4n) is 4.15. The highest BCUT2D eigenvalue weighted by Crippen LogP contribution is 2.29. The van der Waals surface area contributed by atoms with Crippen molar-refractivity contribution in [1.29, 1.82) is 0 Å². The van der Waals surface area contributed by atoms with Gasteiger partial charge in [0.15, 0.2) is 5.11 Å². The Balaban J connectivity index is 1.77. The Morgan fingerprint density at radius 2 is 2.00 bits per heavy atom. The molecule has 1 unspecified atom stereocenters. The van der Waals surface area contributed by atoms with E-state index in [1.54, 1.807) is 0 Å². The molecular formula is C26H37N3S. The first kappa shape index (κ1) is 22.6. The Kier molecular flexibility index (Phi) is 8.15. The summed E-state index contributed by atoms with van der Waals surface area (Å²) in [5, 5.41) is 4.29. The lowest BCUT2D eigenvalue weighted by molar-refractivity contribution is 0.319. The standard InChI is InChI=1S/C26H37N3S/c1-5-7-16-28-17-10-12-23-18-22(14-15-25(23)28)19-29(21(4)6-2)26(30)27-24-13-9-8-11-20(24)3/h8-9,11,13-15,18,21H,5-7,10,12,16-17,19H2,1-4H3,(H,27,30). The molecule has 0 bridgehead atoms. The molecule has 1 aliphatic rings. The van der Waals surface area contributed by atoms with Crippen molar-refractivity contribution in [3.8, 4) is 0 Å². The van der Waals surface area contributed by atoms with E-state index in [0.717, 1.165) is 23.8 Å². The van der Waals surface area contributed by atoms with Crippen molar-refractivity contribution in [3.05, 3.63) is 59.2 Å². The SMILES string of the molecule is CCCCN1CCCc2cc(CN(C(=S)Nc3ccccc3C)C(C)CC)ccc21. The Bertz CT molecular complexity index is 848. The molecule has 0 aromatic heterocycles. The summed E-state index contributed by atoms with van der Waals surface area (Å²) in [6.07, 6.45) is 6.01. The minimum Gasteiger partial charge on any atom is -0.371 e. The topological polar surface area (TPSA) is 18.5 Å². The van der Waals surface area contributed by atoms with Crippen molar-refractivity contribution in [2.24, 2.45) is 0 Å². The van der Waals surface area contributed by atoms with Crippen molar-refractivity contribution >= 4 is 28.7 Å². The second-order valence-electron chi connectivity index (χ2n) is 8.54. The van der Waals surface area contributed by atoms with Crippen molar-refractivity contribution in [1.82, 2.24) is 4.90 Å². The molecule has 0 amide bonds. The molecule has 3 nitrogen and oxygen atoms in total. The van der Waals surface area contributed by atoms with E-state index < -0.39 is 0 Å². The highest BCUT2D eigenvalue weighted by atomic mass is 32.1. The predicted molar refractivity (Wildman–Crippen MR) is 135 cm³/mol. The number of fused-ring (bicyclic) bond motifs is 1. The lowest BCUT2D eigenvalue weighted by Crippen LogP contribution is -2.40. The van der Waals surface area contributed by atoms with Crippen molar-refractivity contribution < 1.29 is 0 Å². The molecule has 1 atom stereocenters. The van der Waals surface area contributed by atoms with E-state index in [4.69, 9.17) is 12.2 Å². The van der Waals surface area contributed by atoms with Crippen LogP contribution < -0.4 is 10.2 Å². The second-order valence-corrected chi connectivity index (χ2v) is 8.92. The van der Waals surface area contributed by atoms with Gasteiger partial charge in [-0.3, -0.25) is 0 Å². The molecule has 0 radical (unpaired) electrons. The minimum absolute atomic E-state index is 0.381. The number of thiocarbonyl (C=S) groups is 1. The van der Waals surface area contributed by atoms with Crippen molar-refractivity contribution in [2.75, 3.05) is 23.3 Å². The van der Waals surface area contributed by atoms with Crippen LogP contribution in [0.15, 0.2) is 42.5 Å². The van der Waals surface area contributed by atoms with E-state index in [9.17, 15) is 0 Å². The third kappa shape index (κ3) is 5.54. The van der Waals surface area contributed by atoms with Crippen LogP contribution in [0.3, 0.4) is 0 Å². The molecular weight excluding hydrogens is 386 g/mol. The van der Waals surface area contributed by atoms with Gasteiger partial charge < -0.3 is 15.1 Å². The average Bonchev–Trinajstić information content (AvgIpc) is 2.76. The van der Waals surface area contributed by atoms with Gasteiger partial charge in [-0.1, -0.05) is 50.6 Å². The summed E-state index contributed by atoms with van der Waals surface area (Å²) in [4.78, 5) is 4.91. The summed E-state index contributed by atoms with van der Waals surface area (Å²) < 4.78 is 0. The Hall–Kier alpha value is -2.07. The van der Waals surface area contributed by atoms with Gasteiger partial charge in [0, 0.05) is 37.1 Å². The number of anilines is 2. The minimum atomic E-state index is 0.381. The summed E-state index contributed by atoms with van der Waals surface area (Å²) in [6.45, 7) is 12.1. The van der Waals surface area contributed by atoms with Gasteiger partial charge in [0.1, 0.15) is 0 Å². The number of hydrogen-bond acceptors (Lipinski definition) is 2. The molecule has 0 fully saturated rings. The van der Waals surface area contributed by atoms with Gasteiger partial charge in [0.2, 0.25) is 0 Å². The first-order valence-corrected chi connectivity index (χ1v) is 11.9. The summed E-state index contributed by atoms with van der Waals surface area (Å²) >= 11 is 5.85. The first-order valence-electron chi connectivity index (χ1n) is 11.5. The lowest BCUT2D eigenvalue weighted by atomic mass is 9.98. The number of hydrogen-bond donors (Lipinski definition) is 1. The maximum atomic E-state index is 5.85. The highest BCUT2D eigenvalue weighted by molar-refractivity contribution is 7.80. The molecule has 0 saturated heterocycles. The van der Waals surface area contributed by atoms with Crippen LogP contribution in [0.4, 0.5) is 11.4 Å². The largest absolute Gasteiger partial charge is 0.371 e. The molecule has 0 aliphatic carbocycles. The Labute approximate surface area is 188 Å². The van der Waals surface area contributed by atoms with E-state index in [-0.39, 0.29) is 0 Å². The molecule has 4 heteroatoms. The monoisotopic (exact) mass is 423 g/mol. The predicted octanol–water partition coefficient (Wildman–Crippen LogP) is 6.55. The number of aryl methyl sites for hydroxylation is 2. The molecule has 1 heterocycles. The number of rotatable bonds is 8. The van der Waals surface area contributed by atoms with Crippen LogP contribution in [0.25, 0.3) is 0 Å². The number of nitrogens with zero attached hydrogens (tertiary/aromatic N) is 2. The van der Waals surface area contributed by atoms with Gasteiger partial charge in [-0.15, -0.1) is 0 Å². The van der Waals surface area contributed by atoms with Gasteiger partial charge in [0.25, 0.3) is 0 Å². The van der Waals surface area contributed by atoms with E-state index in [2.05, 4.69) is 85.3 Å². The summed E-state index contributed by atoms with van der Waals surface area (Å²) in [5.74, 6) is 0. The molecule has 1 N–H and O–H groups in total. The third-order valence-electron chi connectivity index (χ3n) is 6.26. The Morgan fingerprint density at radius 3 is 2.73 bits per heavy atom. The molecule has 0 saturated carbocycles. The highest BCUT2D eigenvalue weighted by Gasteiger charge is 2.20. The second kappa shape index (κ2) is 10.8. The van der Waals surface area contributed by atoms with Gasteiger partial charge >= 0.3 is 0 Å². The smallest absolute Gasteiger partial charge is 0.173 e.